The first-order chi connectivity index (χ1) is 10.2. The van der Waals surface area contributed by atoms with Gasteiger partial charge in [-0.2, -0.15) is 8.78 Å². The summed E-state index contributed by atoms with van der Waals surface area (Å²) in [5.74, 6) is 0.642. The summed E-state index contributed by atoms with van der Waals surface area (Å²) in [6.45, 7) is -0.816. The molecule has 1 saturated heterocycles. The minimum absolute atomic E-state index is 0. The summed E-state index contributed by atoms with van der Waals surface area (Å²) < 4.78 is 29.5. The largest absolute Gasteiger partial charge is 0.434 e. The van der Waals surface area contributed by atoms with Crippen molar-refractivity contribution in [2.75, 3.05) is 13.1 Å². The van der Waals surface area contributed by atoms with Crippen LogP contribution in [0, 0.1) is 0 Å². The van der Waals surface area contributed by atoms with Gasteiger partial charge in [-0.3, -0.25) is 0 Å². The lowest BCUT2D eigenvalue weighted by atomic mass is 9.99. The van der Waals surface area contributed by atoms with Crippen molar-refractivity contribution < 1.29 is 13.5 Å². The van der Waals surface area contributed by atoms with Gasteiger partial charge in [-0.25, -0.2) is 4.98 Å². The van der Waals surface area contributed by atoms with Crippen LogP contribution in [-0.2, 0) is 0 Å². The number of nitrogens with zero attached hydrogens (tertiary/aromatic N) is 1. The van der Waals surface area contributed by atoms with Crippen LogP contribution in [0.4, 0.5) is 8.78 Å². The maximum atomic E-state index is 12.5. The van der Waals surface area contributed by atoms with Crippen molar-refractivity contribution in [3.8, 4) is 17.0 Å². The highest BCUT2D eigenvalue weighted by atomic mass is 35.5. The fourth-order valence-corrected chi connectivity index (χ4v) is 3.54. The number of rotatable bonds is 4. The predicted molar refractivity (Wildman–Crippen MR) is 86.3 cm³/mol. The van der Waals surface area contributed by atoms with E-state index < -0.39 is 6.61 Å². The molecular formula is C15H17ClF2N2OS. The Morgan fingerprint density at radius 1 is 1.23 bits per heavy atom. The molecule has 1 aromatic heterocycles. The van der Waals surface area contributed by atoms with Crippen LogP contribution >= 0.6 is 23.7 Å². The van der Waals surface area contributed by atoms with E-state index in [9.17, 15) is 8.78 Å². The summed E-state index contributed by atoms with van der Waals surface area (Å²) in [6.07, 6.45) is 2.14. The molecule has 0 amide bonds. The average molecular weight is 347 g/mol. The third-order valence-corrected chi connectivity index (χ3v) is 4.60. The highest BCUT2D eigenvalue weighted by Crippen LogP contribution is 2.35. The maximum Gasteiger partial charge on any atom is 0.387 e. The molecule has 3 nitrogen and oxygen atoms in total. The lowest BCUT2D eigenvalue weighted by Gasteiger charge is -2.20. The van der Waals surface area contributed by atoms with Crippen LogP contribution in [0.25, 0.3) is 11.3 Å². The zero-order chi connectivity index (χ0) is 14.7. The van der Waals surface area contributed by atoms with Gasteiger partial charge < -0.3 is 10.1 Å². The van der Waals surface area contributed by atoms with Gasteiger partial charge in [0.2, 0.25) is 0 Å². The molecule has 1 N–H and O–H groups in total. The molecule has 2 aromatic rings. The van der Waals surface area contributed by atoms with E-state index in [0.29, 0.717) is 17.2 Å². The second-order valence-corrected chi connectivity index (χ2v) is 5.86. The molecule has 1 aliphatic rings. The monoisotopic (exact) mass is 346 g/mol. The summed E-state index contributed by atoms with van der Waals surface area (Å²) in [5, 5.41) is 6.33. The zero-order valence-corrected chi connectivity index (χ0v) is 13.4. The minimum Gasteiger partial charge on any atom is -0.434 e. The minimum atomic E-state index is -2.83. The van der Waals surface area contributed by atoms with Gasteiger partial charge in [-0.05, 0) is 38.1 Å². The van der Waals surface area contributed by atoms with Gasteiger partial charge in [-0.15, -0.1) is 23.7 Å². The number of para-hydroxylation sites is 1. The third kappa shape index (κ3) is 3.94. The Balaban J connectivity index is 0.00000176. The molecule has 0 bridgehead atoms. The van der Waals surface area contributed by atoms with E-state index in [1.807, 2.05) is 5.38 Å². The summed E-state index contributed by atoms with van der Waals surface area (Å²) in [7, 11) is 0. The molecule has 120 valence electrons. The summed E-state index contributed by atoms with van der Waals surface area (Å²) in [6, 6.07) is 6.79. The first-order valence-corrected chi connectivity index (χ1v) is 7.82. The maximum absolute atomic E-state index is 12.5. The zero-order valence-electron chi connectivity index (χ0n) is 11.8. The van der Waals surface area contributed by atoms with E-state index in [4.69, 9.17) is 0 Å². The predicted octanol–water partition coefficient (Wildman–Crippen LogP) is 4.30. The van der Waals surface area contributed by atoms with Crippen molar-refractivity contribution in [1.82, 2.24) is 10.3 Å². The standard InChI is InChI=1S/C15H16F2N2OS.ClH/c16-15(17)20-13-4-2-1-3-11(13)12-9-21-14(19-12)10-5-7-18-8-6-10;/h1-4,9-10,15,18H,5-8H2;1H. The summed E-state index contributed by atoms with van der Waals surface area (Å²) in [5.41, 5.74) is 1.33. The molecule has 0 atom stereocenters. The Morgan fingerprint density at radius 2 is 1.95 bits per heavy atom. The molecule has 1 aromatic carbocycles. The molecule has 1 aliphatic heterocycles. The molecule has 22 heavy (non-hydrogen) atoms. The van der Waals surface area contributed by atoms with Crippen LogP contribution in [0.2, 0.25) is 0 Å². The first kappa shape index (κ1) is 17.1. The number of hydrogen-bond acceptors (Lipinski definition) is 4. The van der Waals surface area contributed by atoms with Gasteiger partial charge >= 0.3 is 6.61 Å². The average Bonchev–Trinajstić information content (AvgIpc) is 2.98. The Labute approximate surface area is 138 Å². The number of piperidine rings is 1. The smallest absolute Gasteiger partial charge is 0.387 e. The lowest BCUT2D eigenvalue weighted by molar-refractivity contribution is -0.0494. The Kier molecular flexibility index (Phi) is 6.11. The highest BCUT2D eigenvalue weighted by molar-refractivity contribution is 7.10. The number of halogens is 3. The summed E-state index contributed by atoms with van der Waals surface area (Å²) >= 11 is 1.60. The first-order valence-electron chi connectivity index (χ1n) is 6.94. The van der Waals surface area contributed by atoms with Gasteiger partial charge in [-0.1, -0.05) is 12.1 Å². The molecule has 3 rings (SSSR count). The van der Waals surface area contributed by atoms with Gasteiger partial charge in [0.05, 0.1) is 10.7 Å². The molecule has 0 spiro atoms. The van der Waals surface area contributed by atoms with E-state index >= 15 is 0 Å². The number of aromatic nitrogens is 1. The van der Waals surface area contributed by atoms with Crippen molar-refractivity contribution in [2.45, 2.75) is 25.4 Å². The number of thiazole rings is 1. The van der Waals surface area contributed by atoms with Crippen molar-refractivity contribution in [3.63, 3.8) is 0 Å². The quantitative estimate of drug-likeness (QED) is 0.896. The number of nitrogens with one attached hydrogen (secondary N) is 1. The molecule has 0 unspecified atom stereocenters. The lowest BCUT2D eigenvalue weighted by Crippen LogP contribution is -2.26. The van der Waals surface area contributed by atoms with Crippen molar-refractivity contribution in [2.24, 2.45) is 0 Å². The van der Waals surface area contributed by atoms with Crippen molar-refractivity contribution in [3.05, 3.63) is 34.7 Å². The van der Waals surface area contributed by atoms with E-state index in [-0.39, 0.29) is 18.2 Å². The van der Waals surface area contributed by atoms with Gasteiger partial charge in [0.1, 0.15) is 5.75 Å². The number of benzene rings is 1. The van der Waals surface area contributed by atoms with E-state index in [1.54, 1.807) is 35.6 Å². The fourth-order valence-electron chi connectivity index (χ4n) is 2.54. The van der Waals surface area contributed by atoms with Crippen LogP contribution in [0.1, 0.15) is 23.8 Å². The molecule has 7 heteroatoms. The van der Waals surface area contributed by atoms with Crippen LogP contribution < -0.4 is 10.1 Å². The highest BCUT2D eigenvalue weighted by Gasteiger charge is 2.20. The second kappa shape index (κ2) is 7.85. The molecular weight excluding hydrogens is 330 g/mol. The van der Waals surface area contributed by atoms with Gasteiger partial charge in [0.25, 0.3) is 0 Å². The molecule has 2 heterocycles. The number of ether oxygens (including phenoxy) is 1. The van der Waals surface area contributed by atoms with Crippen LogP contribution in [0.3, 0.4) is 0 Å². The van der Waals surface area contributed by atoms with E-state index in [0.717, 1.165) is 30.9 Å². The van der Waals surface area contributed by atoms with Crippen LogP contribution in [-0.4, -0.2) is 24.7 Å². The molecule has 1 fully saturated rings. The third-order valence-electron chi connectivity index (χ3n) is 3.59. The van der Waals surface area contributed by atoms with Crippen molar-refractivity contribution in [1.29, 1.82) is 0 Å². The Bertz CT molecular complexity index is 603. The second-order valence-electron chi connectivity index (χ2n) is 4.97. The number of alkyl halides is 2. The normalized spacial score (nSPS) is 15.6. The van der Waals surface area contributed by atoms with Crippen LogP contribution in [0.15, 0.2) is 29.6 Å². The SMILES string of the molecule is Cl.FC(F)Oc1ccccc1-c1csc(C2CCNCC2)n1. The van der Waals surface area contributed by atoms with Crippen LogP contribution in [0.5, 0.6) is 5.75 Å². The topological polar surface area (TPSA) is 34.1 Å². The Morgan fingerprint density at radius 3 is 2.68 bits per heavy atom. The summed E-state index contributed by atoms with van der Waals surface area (Å²) in [4.78, 5) is 4.64. The molecule has 0 saturated carbocycles. The van der Waals surface area contributed by atoms with E-state index in [1.165, 1.54) is 0 Å². The molecule has 0 radical (unpaired) electrons. The van der Waals surface area contributed by atoms with Gasteiger partial charge in [0.15, 0.2) is 0 Å². The number of hydrogen-bond donors (Lipinski definition) is 1. The van der Waals surface area contributed by atoms with Gasteiger partial charge in [0, 0.05) is 16.9 Å². The van der Waals surface area contributed by atoms with E-state index in [2.05, 4.69) is 15.0 Å². The fraction of sp³-hybridized carbons (Fsp3) is 0.400. The Hall–Kier alpha value is -1.24. The molecule has 0 aliphatic carbocycles. The van der Waals surface area contributed by atoms with Crippen molar-refractivity contribution >= 4 is 23.7 Å².